The molecule has 0 saturated carbocycles. The van der Waals surface area contributed by atoms with Gasteiger partial charge in [0.2, 0.25) is 0 Å². The van der Waals surface area contributed by atoms with Crippen molar-refractivity contribution in [1.82, 2.24) is 4.90 Å². The molecule has 1 N–H and O–H groups in total. The molecule has 3 rings (SSSR count). The highest BCUT2D eigenvalue weighted by Gasteiger charge is 2.17. The molecule has 7 heteroatoms. The fraction of sp³-hybridized carbons (Fsp3) is 0.222. The third-order valence-corrected chi connectivity index (χ3v) is 3.92. The van der Waals surface area contributed by atoms with Crippen LogP contribution in [0.1, 0.15) is 0 Å². The fourth-order valence-corrected chi connectivity index (χ4v) is 2.84. The quantitative estimate of drug-likeness (QED) is 0.394. The lowest BCUT2D eigenvalue weighted by Gasteiger charge is -2.16. The zero-order valence-corrected chi connectivity index (χ0v) is 15.7. The highest BCUT2D eigenvalue weighted by Crippen LogP contribution is 2.38. The highest BCUT2D eigenvalue weighted by molar-refractivity contribution is 6.14. The van der Waals surface area contributed by atoms with Crippen molar-refractivity contribution < 1.29 is 4.92 Å². The van der Waals surface area contributed by atoms with Crippen LogP contribution >= 0.6 is 24.8 Å². The lowest BCUT2D eigenvalue weighted by Crippen LogP contribution is -2.21. The molecule has 0 amide bonds. The Hall–Kier alpha value is -2.08. The van der Waals surface area contributed by atoms with Crippen molar-refractivity contribution in [2.45, 2.75) is 0 Å². The van der Waals surface area contributed by atoms with Crippen LogP contribution in [-0.2, 0) is 0 Å². The summed E-state index contributed by atoms with van der Waals surface area (Å²) in [5.41, 5.74) is 0.979. The van der Waals surface area contributed by atoms with E-state index in [1.54, 1.807) is 12.1 Å². The molecular weight excluding hydrogens is 361 g/mol. The molecule has 5 nitrogen and oxygen atoms in total. The largest absolute Gasteiger partial charge is 0.383 e. The minimum Gasteiger partial charge on any atom is -0.383 e. The number of nitro benzene ring substituents is 1. The Morgan fingerprint density at radius 3 is 2.40 bits per heavy atom. The molecule has 0 spiro atoms. The van der Waals surface area contributed by atoms with Gasteiger partial charge in [0, 0.05) is 24.5 Å². The van der Waals surface area contributed by atoms with Crippen molar-refractivity contribution in [3.8, 4) is 0 Å². The van der Waals surface area contributed by atoms with Gasteiger partial charge in [-0.3, -0.25) is 10.1 Å². The average molecular weight is 382 g/mol. The maximum atomic E-state index is 11.5. The maximum absolute atomic E-state index is 11.5. The summed E-state index contributed by atoms with van der Waals surface area (Å²) < 4.78 is 0. The van der Waals surface area contributed by atoms with Gasteiger partial charge in [-0.25, -0.2) is 0 Å². The molecule has 0 atom stereocenters. The van der Waals surface area contributed by atoms with E-state index < -0.39 is 0 Å². The molecular formula is C18H21Cl2N3O2. The Bertz CT molecular complexity index is 885. The summed E-state index contributed by atoms with van der Waals surface area (Å²) in [4.78, 5) is 13.2. The number of hydrogen-bond donors (Lipinski definition) is 1. The molecule has 0 aromatic heterocycles. The number of benzene rings is 3. The van der Waals surface area contributed by atoms with Crippen LogP contribution in [0.3, 0.4) is 0 Å². The van der Waals surface area contributed by atoms with Crippen LogP contribution in [0.15, 0.2) is 48.5 Å². The Morgan fingerprint density at radius 1 is 1.04 bits per heavy atom. The first kappa shape index (κ1) is 21.0. The molecule has 0 heterocycles. The number of hydrogen-bond acceptors (Lipinski definition) is 4. The molecule has 3 aromatic rings. The molecule has 0 fully saturated rings. The standard InChI is InChI=1S/C18H19N3O2.2ClH/c1-20(2)11-10-19-18-15-8-4-3-6-13(15)12-14-7-5-9-16(17(14)18)21(22)23;;/h3-9,12,19H,10-11H2,1-2H3;2*1H. The SMILES string of the molecule is CN(C)CCNc1c2ccccc2cc2cccc([N+](=O)[O-])c12.Cl.Cl. The van der Waals surface area contributed by atoms with Gasteiger partial charge in [0.25, 0.3) is 5.69 Å². The number of likely N-dealkylation sites (N-methyl/N-ethyl adjacent to an activating group) is 1. The Kier molecular flexibility index (Phi) is 7.42. The number of rotatable bonds is 5. The maximum Gasteiger partial charge on any atom is 0.279 e. The molecule has 0 saturated heterocycles. The molecule has 0 aliphatic rings. The number of nitrogens with one attached hydrogen (secondary N) is 1. The van der Waals surface area contributed by atoms with Gasteiger partial charge in [-0.05, 0) is 30.9 Å². The van der Waals surface area contributed by atoms with E-state index in [0.717, 1.165) is 34.9 Å². The van der Waals surface area contributed by atoms with E-state index in [2.05, 4.69) is 10.2 Å². The van der Waals surface area contributed by atoms with E-state index in [1.807, 2.05) is 50.5 Å². The van der Waals surface area contributed by atoms with Crippen LogP contribution in [0, 0.1) is 10.1 Å². The molecule has 0 aliphatic carbocycles. The van der Waals surface area contributed by atoms with Crippen molar-refractivity contribution in [2.75, 3.05) is 32.5 Å². The lowest BCUT2D eigenvalue weighted by molar-refractivity contribution is -0.383. The first-order valence-electron chi connectivity index (χ1n) is 7.55. The fourth-order valence-electron chi connectivity index (χ4n) is 2.84. The predicted molar refractivity (Wildman–Crippen MR) is 110 cm³/mol. The highest BCUT2D eigenvalue weighted by atomic mass is 35.5. The first-order chi connectivity index (χ1) is 11.1. The number of fused-ring (bicyclic) bond motifs is 2. The van der Waals surface area contributed by atoms with Gasteiger partial charge >= 0.3 is 0 Å². The second kappa shape index (κ2) is 8.85. The van der Waals surface area contributed by atoms with Gasteiger partial charge in [-0.15, -0.1) is 24.8 Å². The summed E-state index contributed by atoms with van der Waals surface area (Å²) in [6.45, 7) is 1.58. The molecule has 0 aliphatic heterocycles. The molecule has 0 bridgehead atoms. The third-order valence-electron chi connectivity index (χ3n) is 3.92. The van der Waals surface area contributed by atoms with Gasteiger partial charge < -0.3 is 10.2 Å². The first-order valence-corrected chi connectivity index (χ1v) is 7.55. The minimum atomic E-state index is -0.311. The van der Waals surface area contributed by atoms with E-state index in [-0.39, 0.29) is 35.4 Å². The second-order valence-corrected chi connectivity index (χ2v) is 5.84. The summed E-state index contributed by atoms with van der Waals surface area (Å²) in [6.07, 6.45) is 0. The number of anilines is 1. The van der Waals surface area contributed by atoms with Crippen LogP contribution in [0.5, 0.6) is 0 Å². The zero-order valence-electron chi connectivity index (χ0n) is 14.1. The monoisotopic (exact) mass is 381 g/mol. The van der Waals surface area contributed by atoms with Gasteiger partial charge in [0.15, 0.2) is 0 Å². The number of non-ortho nitro benzene ring substituents is 1. The molecule has 134 valence electrons. The number of nitrogens with zero attached hydrogens (tertiary/aromatic N) is 2. The lowest BCUT2D eigenvalue weighted by atomic mass is 9.99. The molecule has 0 radical (unpaired) electrons. The summed E-state index contributed by atoms with van der Waals surface area (Å²) in [5.74, 6) is 0. The van der Waals surface area contributed by atoms with Crippen LogP contribution in [0.25, 0.3) is 21.5 Å². The molecule has 25 heavy (non-hydrogen) atoms. The summed E-state index contributed by atoms with van der Waals surface area (Å²) in [5, 5.41) is 18.5. The van der Waals surface area contributed by atoms with Crippen molar-refractivity contribution in [3.63, 3.8) is 0 Å². The van der Waals surface area contributed by atoms with E-state index in [1.165, 1.54) is 0 Å². The number of nitro groups is 1. The summed E-state index contributed by atoms with van der Waals surface area (Å²) in [6, 6.07) is 15.2. The van der Waals surface area contributed by atoms with Crippen LogP contribution in [0.4, 0.5) is 11.4 Å². The van der Waals surface area contributed by atoms with Gasteiger partial charge in [0.1, 0.15) is 0 Å². The van der Waals surface area contributed by atoms with E-state index in [0.29, 0.717) is 5.39 Å². The van der Waals surface area contributed by atoms with Crippen molar-refractivity contribution in [1.29, 1.82) is 0 Å². The average Bonchev–Trinajstić information content (AvgIpc) is 2.53. The normalized spacial score (nSPS) is 10.4. The van der Waals surface area contributed by atoms with Crippen molar-refractivity contribution in [3.05, 3.63) is 58.6 Å². The number of halogens is 2. The summed E-state index contributed by atoms with van der Waals surface area (Å²) >= 11 is 0. The Morgan fingerprint density at radius 2 is 1.72 bits per heavy atom. The summed E-state index contributed by atoms with van der Waals surface area (Å²) in [7, 11) is 4.01. The van der Waals surface area contributed by atoms with Gasteiger partial charge in [-0.2, -0.15) is 0 Å². The molecule has 0 unspecified atom stereocenters. The van der Waals surface area contributed by atoms with Gasteiger partial charge in [-0.1, -0.05) is 36.4 Å². The predicted octanol–water partition coefficient (Wildman–Crippen LogP) is 4.72. The molecule has 3 aromatic carbocycles. The zero-order chi connectivity index (χ0) is 16.4. The minimum absolute atomic E-state index is 0. The Balaban J connectivity index is 0.00000156. The van der Waals surface area contributed by atoms with Crippen LogP contribution in [0.2, 0.25) is 0 Å². The van der Waals surface area contributed by atoms with Crippen molar-refractivity contribution in [2.24, 2.45) is 0 Å². The third kappa shape index (κ3) is 4.31. The van der Waals surface area contributed by atoms with Crippen LogP contribution in [-0.4, -0.2) is 37.0 Å². The van der Waals surface area contributed by atoms with E-state index in [9.17, 15) is 10.1 Å². The smallest absolute Gasteiger partial charge is 0.279 e. The van der Waals surface area contributed by atoms with Crippen LogP contribution < -0.4 is 5.32 Å². The van der Waals surface area contributed by atoms with Gasteiger partial charge in [0.05, 0.1) is 16.0 Å². The topological polar surface area (TPSA) is 58.4 Å². The van der Waals surface area contributed by atoms with E-state index in [4.69, 9.17) is 0 Å². The Labute approximate surface area is 159 Å². The second-order valence-electron chi connectivity index (χ2n) is 5.84. The van der Waals surface area contributed by atoms with E-state index >= 15 is 0 Å². The van der Waals surface area contributed by atoms with Crippen molar-refractivity contribution >= 4 is 57.7 Å².